The summed E-state index contributed by atoms with van der Waals surface area (Å²) in [5.74, 6) is 2.09. The van der Waals surface area contributed by atoms with Gasteiger partial charge >= 0.3 is 0 Å². The summed E-state index contributed by atoms with van der Waals surface area (Å²) in [4.78, 5) is 2.39. The maximum atomic E-state index is 5.95. The van der Waals surface area contributed by atoms with Gasteiger partial charge in [-0.2, -0.15) is 0 Å². The van der Waals surface area contributed by atoms with Crippen LogP contribution in [0.4, 0.5) is 5.69 Å². The van der Waals surface area contributed by atoms with Crippen molar-refractivity contribution in [3.05, 3.63) is 48.2 Å². The van der Waals surface area contributed by atoms with Crippen LogP contribution in [-0.2, 0) is 0 Å². The van der Waals surface area contributed by atoms with Crippen LogP contribution in [0, 0.1) is 0 Å². The smallest absolute Gasteiger partial charge is 0.184 e. The van der Waals surface area contributed by atoms with Crippen molar-refractivity contribution in [2.24, 2.45) is 0 Å². The van der Waals surface area contributed by atoms with Crippen LogP contribution in [0.5, 0.6) is 11.5 Å². The maximum Gasteiger partial charge on any atom is 0.184 e. The van der Waals surface area contributed by atoms with Crippen molar-refractivity contribution in [3.63, 3.8) is 0 Å². The molecule has 0 spiro atoms. The second-order valence-electron chi connectivity index (χ2n) is 7.34. The van der Waals surface area contributed by atoms with Gasteiger partial charge in [0.25, 0.3) is 0 Å². The Morgan fingerprint density at radius 3 is 2.71 bits per heavy atom. The summed E-state index contributed by atoms with van der Waals surface area (Å²) in [5, 5.41) is 5.51. The average Bonchev–Trinajstić information content (AvgIpc) is 3.18. The molecule has 4 rings (SSSR count). The van der Waals surface area contributed by atoms with Gasteiger partial charge in [0.15, 0.2) is 17.1 Å². The molecule has 0 aliphatic carbocycles. The van der Waals surface area contributed by atoms with E-state index in [1.54, 1.807) is 7.11 Å². The third kappa shape index (κ3) is 3.66. The highest BCUT2D eigenvalue weighted by molar-refractivity contribution is 5.79. The van der Waals surface area contributed by atoms with Crippen LogP contribution in [0.25, 0.3) is 11.0 Å². The normalized spacial score (nSPS) is 15.1. The van der Waals surface area contributed by atoms with Crippen LogP contribution in [0.15, 0.2) is 47.0 Å². The summed E-state index contributed by atoms with van der Waals surface area (Å²) in [6.07, 6.45) is 4.25. The van der Waals surface area contributed by atoms with Gasteiger partial charge in [0.05, 0.1) is 25.1 Å². The van der Waals surface area contributed by atoms with Crippen molar-refractivity contribution in [3.8, 4) is 11.5 Å². The molecule has 1 aromatic heterocycles. The van der Waals surface area contributed by atoms with E-state index in [0.29, 0.717) is 5.92 Å². The molecule has 0 radical (unpaired) electrons. The van der Waals surface area contributed by atoms with Gasteiger partial charge in [0, 0.05) is 24.4 Å². The Balaban J connectivity index is 1.48. The highest BCUT2D eigenvalue weighted by Crippen LogP contribution is 2.40. The minimum Gasteiger partial charge on any atom is -0.491 e. The molecule has 0 unspecified atom stereocenters. The van der Waals surface area contributed by atoms with Crippen LogP contribution in [0.2, 0.25) is 0 Å². The van der Waals surface area contributed by atoms with Crippen molar-refractivity contribution in [2.75, 3.05) is 31.7 Å². The molecule has 1 fully saturated rings. The molecular weight excluding hydrogens is 352 g/mol. The van der Waals surface area contributed by atoms with Gasteiger partial charge in [-0.05, 0) is 43.5 Å². The first-order chi connectivity index (χ1) is 13.8. The van der Waals surface area contributed by atoms with Gasteiger partial charge in [-0.15, -0.1) is 0 Å². The molecule has 0 atom stereocenters. The fourth-order valence-corrected chi connectivity index (χ4v) is 3.99. The number of aromatic nitrogens is 1. The lowest BCUT2D eigenvalue weighted by atomic mass is 9.91. The van der Waals surface area contributed by atoms with Crippen molar-refractivity contribution in [2.45, 2.75) is 38.5 Å². The predicted molar refractivity (Wildman–Crippen MR) is 112 cm³/mol. The zero-order chi connectivity index (χ0) is 19.3. The van der Waals surface area contributed by atoms with E-state index in [1.165, 1.54) is 0 Å². The van der Waals surface area contributed by atoms with E-state index in [2.05, 4.69) is 35.2 Å². The highest BCUT2D eigenvalue weighted by Gasteiger charge is 2.27. The minimum atomic E-state index is 0.426. The number of methoxy groups -OCH3 is 1. The van der Waals surface area contributed by atoms with E-state index in [9.17, 15) is 0 Å². The Morgan fingerprint density at radius 2 is 1.93 bits per heavy atom. The van der Waals surface area contributed by atoms with Gasteiger partial charge in [-0.25, -0.2) is 0 Å². The summed E-state index contributed by atoms with van der Waals surface area (Å²) >= 11 is 0. The summed E-state index contributed by atoms with van der Waals surface area (Å²) < 4.78 is 17.2. The largest absolute Gasteiger partial charge is 0.491 e. The standard InChI is InChI=1S/C23H28N2O3/c1-3-4-16-27-21-11-7-9-19(23(21)26-2)25-14-12-17(13-15-25)22-18-8-5-6-10-20(18)28-24-22/h5-11,17H,3-4,12-16H2,1-2H3. The van der Waals surface area contributed by atoms with Crippen LogP contribution in [-0.4, -0.2) is 32.0 Å². The maximum absolute atomic E-state index is 5.95. The SMILES string of the molecule is CCCCOc1cccc(N2CCC(c3noc4ccccc34)CC2)c1OC. The Hall–Kier alpha value is -2.69. The zero-order valence-corrected chi connectivity index (χ0v) is 16.7. The molecule has 0 saturated carbocycles. The fourth-order valence-electron chi connectivity index (χ4n) is 3.99. The molecule has 1 saturated heterocycles. The number of anilines is 1. The molecule has 5 heteroatoms. The molecule has 1 aliphatic rings. The molecule has 2 aromatic carbocycles. The number of para-hydroxylation sites is 2. The van der Waals surface area contributed by atoms with Crippen molar-refractivity contribution in [1.29, 1.82) is 0 Å². The molecule has 0 N–H and O–H groups in total. The molecule has 0 bridgehead atoms. The Labute approximate surface area is 166 Å². The zero-order valence-electron chi connectivity index (χ0n) is 16.7. The molecule has 5 nitrogen and oxygen atoms in total. The Morgan fingerprint density at radius 1 is 1.11 bits per heavy atom. The van der Waals surface area contributed by atoms with Gasteiger partial charge < -0.3 is 18.9 Å². The number of benzene rings is 2. The minimum absolute atomic E-state index is 0.426. The van der Waals surface area contributed by atoms with Crippen LogP contribution < -0.4 is 14.4 Å². The third-order valence-corrected chi connectivity index (χ3v) is 5.55. The van der Waals surface area contributed by atoms with Crippen molar-refractivity contribution < 1.29 is 14.0 Å². The monoisotopic (exact) mass is 380 g/mol. The summed E-state index contributed by atoms with van der Waals surface area (Å²) in [7, 11) is 1.72. The fraction of sp³-hybridized carbons (Fsp3) is 0.435. The summed E-state index contributed by atoms with van der Waals surface area (Å²) in [6.45, 7) is 4.80. The number of nitrogens with zero attached hydrogens (tertiary/aromatic N) is 2. The first-order valence-electron chi connectivity index (χ1n) is 10.2. The molecule has 148 valence electrons. The number of hydrogen-bond acceptors (Lipinski definition) is 5. The molecule has 0 amide bonds. The number of piperidine rings is 1. The molecule has 1 aliphatic heterocycles. The average molecular weight is 380 g/mol. The second-order valence-corrected chi connectivity index (χ2v) is 7.34. The van der Waals surface area contributed by atoms with E-state index in [0.717, 1.165) is 79.2 Å². The molecule has 28 heavy (non-hydrogen) atoms. The first-order valence-corrected chi connectivity index (χ1v) is 10.2. The number of ether oxygens (including phenoxy) is 2. The third-order valence-electron chi connectivity index (χ3n) is 5.55. The number of hydrogen-bond donors (Lipinski definition) is 0. The van der Waals surface area contributed by atoms with Crippen LogP contribution in [0.3, 0.4) is 0 Å². The van der Waals surface area contributed by atoms with Crippen molar-refractivity contribution in [1.82, 2.24) is 5.16 Å². The van der Waals surface area contributed by atoms with E-state index in [1.807, 2.05) is 24.3 Å². The number of fused-ring (bicyclic) bond motifs is 1. The van der Waals surface area contributed by atoms with E-state index in [4.69, 9.17) is 14.0 Å². The predicted octanol–water partition coefficient (Wildman–Crippen LogP) is 5.40. The Kier molecular flexibility index (Phi) is 5.70. The van der Waals surface area contributed by atoms with Gasteiger partial charge in [-0.3, -0.25) is 0 Å². The van der Waals surface area contributed by atoms with E-state index < -0.39 is 0 Å². The lowest BCUT2D eigenvalue weighted by molar-refractivity contribution is 0.288. The summed E-state index contributed by atoms with van der Waals surface area (Å²) in [6, 6.07) is 14.3. The second kappa shape index (κ2) is 8.55. The van der Waals surface area contributed by atoms with E-state index in [-0.39, 0.29) is 0 Å². The van der Waals surface area contributed by atoms with Gasteiger partial charge in [0.1, 0.15) is 0 Å². The summed E-state index contributed by atoms with van der Waals surface area (Å²) in [5.41, 5.74) is 3.08. The van der Waals surface area contributed by atoms with Crippen LogP contribution >= 0.6 is 0 Å². The van der Waals surface area contributed by atoms with E-state index >= 15 is 0 Å². The van der Waals surface area contributed by atoms with Crippen molar-refractivity contribution >= 4 is 16.7 Å². The van der Waals surface area contributed by atoms with Gasteiger partial charge in [0.2, 0.25) is 0 Å². The highest BCUT2D eigenvalue weighted by atomic mass is 16.5. The van der Waals surface area contributed by atoms with Crippen LogP contribution in [0.1, 0.15) is 44.2 Å². The molecule has 2 heterocycles. The lowest BCUT2D eigenvalue weighted by Gasteiger charge is -2.34. The van der Waals surface area contributed by atoms with Gasteiger partial charge in [-0.1, -0.05) is 36.7 Å². The Bertz CT molecular complexity index is 913. The number of unbranched alkanes of at least 4 members (excludes halogenated alkanes) is 1. The molecule has 3 aromatic rings. The molecular formula is C23H28N2O3. The first kappa shape index (κ1) is 18.7. The number of rotatable bonds is 7. The lowest BCUT2D eigenvalue weighted by Crippen LogP contribution is -2.33. The topological polar surface area (TPSA) is 47.7 Å². The quantitative estimate of drug-likeness (QED) is 0.514.